The maximum atomic E-state index is 12.7. The zero-order valence-corrected chi connectivity index (χ0v) is 7.55. The van der Waals surface area contributed by atoms with Gasteiger partial charge in [-0.25, -0.2) is 0 Å². The van der Waals surface area contributed by atoms with E-state index >= 15 is 0 Å². The number of nitrogens with zero attached hydrogens (tertiary/aromatic N) is 1. The van der Waals surface area contributed by atoms with Crippen molar-refractivity contribution < 1.29 is 13.9 Å². The van der Waals surface area contributed by atoms with Crippen molar-refractivity contribution in [3.63, 3.8) is 0 Å². The second kappa shape index (κ2) is 3.45. The highest BCUT2D eigenvalue weighted by atomic mass is 79.9. The molecule has 12 heavy (non-hydrogen) atoms. The Balaban J connectivity index is 2.96. The lowest BCUT2D eigenvalue weighted by molar-refractivity contribution is -0.0592. The highest BCUT2D eigenvalue weighted by molar-refractivity contribution is 9.10. The molecular weight excluding hydrogens is 232 g/mol. The average Bonchev–Trinajstić information content (AvgIpc) is 2.05. The van der Waals surface area contributed by atoms with E-state index in [-0.39, 0.29) is 0 Å². The Morgan fingerprint density at radius 3 is 2.58 bits per heavy atom. The summed E-state index contributed by atoms with van der Waals surface area (Å²) in [7, 11) is 0. The monoisotopic (exact) mass is 237 g/mol. The number of aliphatic hydroxyl groups is 1. The van der Waals surface area contributed by atoms with Crippen molar-refractivity contribution in [1.29, 1.82) is 0 Å². The fourth-order valence-corrected chi connectivity index (χ4v) is 0.908. The molecule has 1 heterocycles. The van der Waals surface area contributed by atoms with Crippen LogP contribution in [0.15, 0.2) is 22.8 Å². The minimum atomic E-state index is -3.25. The number of hydrogen-bond donors (Lipinski definition) is 1. The molecule has 1 N–H and O–H groups in total. The summed E-state index contributed by atoms with van der Waals surface area (Å²) < 4.78 is 26.0. The molecule has 2 nitrogen and oxygen atoms in total. The van der Waals surface area contributed by atoms with E-state index in [2.05, 4.69) is 20.9 Å². The third kappa shape index (κ3) is 1.98. The Morgan fingerprint density at radius 2 is 2.17 bits per heavy atom. The van der Waals surface area contributed by atoms with E-state index < -0.39 is 18.2 Å². The van der Waals surface area contributed by atoms with Crippen LogP contribution >= 0.6 is 15.9 Å². The minimum Gasteiger partial charge on any atom is -0.390 e. The van der Waals surface area contributed by atoms with Gasteiger partial charge >= 0.3 is 5.92 Å². The van der Waals surface area contributed by atoms with Crippen molar-refractivity contribution in [2.45, 2.75) is 5.92 Å². The number of aliphatic hydroxyl groups excluding tert-OH is 1. The fourth-order valence-electron chi connectivity index (χ4n) is 0.673. The van der Waals surface area contributed by atoms with Crippen molar-refractivity contribution >= 4 is 15.9 Å². The molecule has 1 aromatic heterocycles. The van der Waals surface area contributed by atoms with Gasteiger partial charge in [0.25, 0.3) is 0 Å². The van der Waals surface area contributed by atoms with Gasteiger partial charge in [0.15, 0.2) is 0 Å². The molecule has 0 aliphatic carbocycles. The van der Waals surface area contributed by atoms with Crippen LogP contribution in [0.2, 0.25) is 0 Å². The van der Waals surface area contributed by atoms with Crippen molar-refractivity contribution in [2.24, 2.45) is 0 Å². The summed E-state index contributed by atoms with van der Waals surface area (Å²) in [4.78, 5) is 3.46. The van der Waals surface area contributed by atoms with Gasteiger partial charge in [-0.15, -0.1) is 0 Å². The number of pyridine rings is 1. The van der Waals surface area contributed by atoms with Crippen LogP contribution in [0.4, 0.5) is 8.78 Å². The van der Waals surface area contributed by atoms with Crippen LogP contribution in [0.1, 0.15) is 5.69 Å². The van der Waals surface area contributed by atoms with E-state index in [4.69, 9.17) is 5.11 Å². The summed E-state index contributed by atoms with van der Waals surface area (Å²) in [5.41, 5.74) is -0.423. The van der Waals surface area contributed by atoms with Gasteiger partial charge in [-0.1, -0.05) is 0 Å². The number of alkyl halides is 2. The second-order valence-electron chi connectivity index (χ2n) is 2.22. The Morgan fingerprint density at radius 1 is 1.50 bits per heavy atom. The van der Waals surface area contributed by atoms with E-state index in [1.165, 1.54) is 18.3 Å². The molecule has 0 radical (unpaired) electrons. The first kappa shape index (κ1) is 9.54. The highest BCUT2D eigenvalue weighted by Gasteiger charge is 2.31. The first-order chi connectivity index (χ1) is 5.56. The normalized spacial score (nSPS) is 11.7. The first-order valence-electron chi connectivity index (χ1n) is 3.17. The van der Waals surface area contributed by atoms with E-state index in [0.29, 0.717) is 4.47 Å². The molecule has 66 valence electrons. The molecule has 0 saturated carbocycles. The van der Waals surface area contributed by atoms with Gasteiger partial charge in [-0.05, 0) is 28.1 Å². The third-order valence-electron chi connectivity index (χ3n) is 1.30. The predicted octanol–water partition coefficient (Wildman–Crippen LogP) is 1.93. The van der Waals surface area contributed by atoms with Crippen molar-refractivity contribution in [1.82, 2.24) is 4.98 Å². The van der Waals surface area contributed by atoms with Gasteiger partial charge in [-0.3, -0.25) is 4.98 Å². The maximum absolute atomic E-state index is 12.7. The Hall–Kier alpha value is -0.550. The Kier molecular flexibility index (Phi) is 2.74. The summed E-state index contributed by atoms with van der Waals surface area (Å²) in [6.45, 7) is -1.22. The van der Waals surface area contributed by atoms with E-state index in [9.17, 15) is 8.78 Å². The van der Waals surface area contributed by atoms with Crippen LogP contribution < -0.4 is 0 Å². The van der Waals surface area contributed by atoms with Crippen LogP contribution in [-0.4, -0.2) is 16.7 Å². The predicted molar refractivity (Wildman–Crippen MR) is 42.9 cm³/mol. The van der Waals surface area contributed by atoms with Gasteiger partial charge in [0.1, 0.15) is 12.3 Å². The third-order valence-corrected chi connectivity index (χ3v) is 1.77. The molecule has 0 spiro atoms. The summed E-state index contributed by atoms with van der Waals surface area (Å²) in [6, 6.07) is 2.62. The van der Waals surface area contributed by atoms with E-state index in [0.717, 1.165) is 0 Å². The SMILES string of the molecule is OCC(F)(F)c1ccc(Br)cn1. The van der Waals surface area contributed by atoms with E-state index in [1.807, 2.05) is 0 Å². The first-order valence-corrected chi connectivity index (χ1v) is 3.96. The average molecular weight is 238 g/mol. The molecule has 0 fully saturated rings. The summed E-state index contributed by atoms with van der Waals surface area (Å²) in [6.07, 6.45) is 1.26. The lowest BCUT2D eigenvalue weighted by Crippen LogP contribution is -2.19. The Labute approximate surface area is 76.4 Å². The molecule has 0 aromatic carbocycles. The molecule has 0 aliphatic heterocycles. The zero-order chi connectivity index (χ0) is 9.19. The van der Waals surface area contributed by atoms with Gasteiger partial charge < -0.3 is 5.11 Å². The van der Waals surface area contributed by atoms with Gasteiger partial charge in [0.05, 0.1) is 0 Å². The standard InChI is InChI=1S/C7H6BrF2NO/c8-5-1-2-6(11-3-5)7(9,10)4-12/h1-3,12H,4H2. The molecule has 0 amide bonds. The van der Waals surface area contributed by atoms with E-state index in [1.54, 1.807) is 0 Å². The molecule has 0 atom stereocenters. The lowest BCUT2D eigenvalue weighted by Gasteiger charge is -2.11. The van der Waals surface area contributed by atoms with Crippen molar-refractivity contribution in [3.05, 3.63) is 28.5 Å². The van der Waals surface area contributed by atoms with Crippen LogP contribution in [0.3, 0.4) is 0 Å². The Bertz CT molecular complexity index is 263. The van der Waals surface area contributed by atoms with Crippen molar-refractivity contribution in [2.75, 3.05) is 6.61 Å². The molecular formula is C7H6BrF2NO. The smallest absolute Gasteiger partial charge is 0.312 e. The van der Waals surface area contributed by atoms with Crippen LogP contribution in [0.5, 0.6) is 0 Å². The number of hydrogen-bond acceptors (Lipinski definition) is 2. The minimum absolute atomic E-state index is 0.423. The quantitative estimate of drug-likeness (QED) is 0.853. The molecule has 1 aromatic rings. The second-order valence-corrected chi connectivity index (χ2v) is 3.14. The topological polar surface area (TPSA) is 33.1 Å². The van der Waals surface area contributed by atoms with Gasteiger partial charge in [0, 0.05) is 10.7 Å². The molecule has 1 rings (SSSR count). The lowest BCUT2D eigenvalue weighted by atomic mass is 10.2. The van der Waals surface area contributed by atoms with Gasteiger partial charge in [0.2, 0.25) is 0 Å². The highest BCUT2D eigenvalue weighted by Crippen LogP contribution is 2.25. The molecule has 0 unspecified atom stereocenters. The summed E-state index contributed by atoms with van der Waals surface area (Å²) in [5, 5.41) is 8.32. The molecule has 0 saturated heterocycles. The fraction of sp³-hybridized carbons (Fsp3) is 0.286. The van der Waals surface area contributed by atoms with Crippen LogP contribution in [-0.2, 0) is 5.92 Å². The summed E-state index contributed by atoms with van der Waals surface area (Å²) in [5.74, 6) is -3.25. The number of aromatic nitrogens is 1. The van der Waals surface area contributed by atoms with Crippen molar-refractivity contribution in [3.8, 4) is 0 Å². The van der Waals surface area contributed by atoms with Crippen LogP contribution in [0.25, 0.3) is 0 Å². The largest absolute Gasteiger partial charge is 0.390 e. The number of rotatable bonds is 2. The maximum Gasteiger partial charge on any atom is 0.312 e. The molecule has 5 heteroatoms. The zero-order valence-electron chi connectivity index (χ0n) is 5.97. The number of halogens is 3. The van der Waals surface area contributed by atoms with Crippen LogP contribution in [0, 0.1) is 0 Å². The summed E-state index contributed by atoms with van der Waals surface area (Å²) >= 11 is 3.06. The molecule has 0 aliphatic rings. The van der Waals surface area contributed by atoms with Gasteiger partial charge in [-0.2, -0.15) is 8.78 Å². The molecule has 0 bridgehead atoms.